The summed E-state index contributed by atoms with van der Waals surface area (Å²) >= 11 is 18.4. The van der Waals surface area contributed by atoms with Gasteiger partial charge in [-0.25, -0.2) is 4.98 Å². The predicted octanol–water partition coefficient (Wildman–Crippen LogP) is 5.81. The van der Waals surface area contributed by atoms with Gasteiger partial charge in [-0.2, -0.15) is 0 Å². The molecule has 1 aliphatic carbocycles. The SMILES string of the molecule is Clc1cc2cc(-c3ccccc3)nc-2c(Cl)c(Cl)c1. The van der Waals surface area contributed by atoms with Gasteiger partial charge in [0.05, 0.1) is 21.4 Å². The van der Waals surface area contributed by atoms with Gasteiger partial charge in [-0.1, -0.05) is 65.1 Å². The van der Waals surface area contributed by atoms with E-state index in [0.29, 0.717) is 20.8 Å². The number of aromatic nitrogens is 1. The Labute approximate surface area is 126 Å². The van der Waals surface area contributed by atoms with Crippen molar-refractivity contribution in [3.63, 3.8) is 0 Å². The van der Waals surface area contributed by atoms with Gasteiger partial charge in [0.1, 0.15) is 0 Å². The zero-order valence-electron chi connectivity index (χ0n) is 9.70. The van der Waals surface area contributed by atoms with Crippen LogP contribution in [0.1, 0.15) is 0 Å². The maximum Gasteiger partial charge on any atom is 0.0912 e. The van der Waals surface area contributed by atoms with E-state index in [-0.39, 0.29) is 0 Å². The Morgan fingerprint density at radius 3 is 2.26 bits per heavy atom. The third-order valence-corrected chi connectivity index (χ3v) is 3.84. The van der Waals surface area contributed by atoms with Crippen LogP contribution in [0, 0.1) is 0 Å². The van der Waals surface area contributed by atoms with Gasteiger partial charge in [0.2, 0.25) is 0 Å². The lowest BCUT2D eigenvalue weighted by atomic mass is 10.1. The molecular weight excluding hydrogens is 301 g/mol. The molecule has 1 aromatic rings. The molecule has 0 atom stereocenters. The maximum atomic E-state index is 6.23. The Balaban J connectivity index is 2.27. The first-order chi connectivity index (χ1) is 9.15. The molecule has 1 aromatic carbocycles. The average molecular weight is 309 g/mol. The third kappa shape index (κ3) is 2.42. The van der Waals surface area contributed by atoms with Crippen molar-refractivity contribution in [2.75, 3.05) is 0 Å². The lowest BCUT2D eigenvalue weighted by molar-refractivity contribution is 1.40. The molecule has 1 nitrogen and oxygen atoms in total. The van der Waals surface area contributed by atoms with Crippen LogP contribution < -0.4 is 0 Å². The van der Waals surface area contributed by atoms with E-state index in [9.17, 15) is 0 Å². The zero-order chi connectivity index (χ0) is 13.4. The summed E-state index contributed by atoms with van der Waals surface area (Å²) in [5, 5.41) is 1.36. The van der Waals surface area contributed by atoms with E-state index in [4.69, 9.17) is 34.8 Å². The van der Waals surface area contributed by atoms with Crippen LogP contribution in [0.4, 0.5) is 0 Å². The van der Waals surface area contributed by atoms with Crippen molar-refractivity contribution in [1.82, 2.24) is 4.98 Å². The Morgan fingerprint density at radius 2 is 1.53 bits per heavy atom. The number of hydrogen-bond donors (Lipinski definition) is 0. The first-order valence-electron chi connectivity index (χ1n) is 5.66. The van der Waals surface area contributed by atoms with Crippen LogP contribution in [0.5, 0.6) is 0 Å². The fourth-order valence-corrected chi connectivity index (χ4v) is 2.66. The number of rotatable bonds is 1. The minimum atomic E-state index is 0.402. The molecule has 0 unspecified atom stereocenters. The van der Waals surface area contributed by atoms with E-state index in [1.165, 1.54) is 0 Å². The maximum absolute atomic E-state index is 6.23. The molecule has 0 saturated heterocycles. The molecule has 94 valence electrons. The normalized spacial score (nSPS) is 10.9. The second-order valence-corrected chi connectivity index (χ2v) is 5.37. The summed E-state index contributed by atoms with van der Waals surface area (Å²) in [6.07, 6.45) is 0. The monoisotopic (exact) mass is 307 g/mol. The minimum Gasteiger partial charge on any atom is -0.246 e. The van der Waals surface area contributed by atoms with E-state index >= 15 is 0 Å². The van der Waals surface area contributed by atoms with Crippen molar-refractivity contribution in [1.29, 1.82) is 0 Å². The molecule has 0 radical (unpaired) electrons. The number of hydrogen-bond acceptors (Lipinski definition) is 1. The molecule has 0 spiro atoms. The summed E-state index contributed by atoms with van der Waals surface area (Å²) in [6, 6.07) is 15.3. The molecule has 0 saturated carbocycles. The lowest BCUT2D eigenvalue weighted by Crippen LogP contribution is -1.76. The van der Waals surface area contributed by atoms with E-state index in [0.717, 1.165) is 16.8 Å². The first-order valence-corrected chi connectivity index (χ1v) is 6.79. The highest BCUT2D eigenvalue weighted by molar-refractivity contribution is 6.44. The second-order valence-electron chi connectivity index (χ2n) is 4.15. The van der Waals surface area contributed by atoms with Crippen LogP contribution in [-0.4, -0.2) is 4.98 Å². The molecule has 0 fully saturated rings. The van der Waals surface area contributed by atoms with Gasteiger partial charge in [-0.3, -0.25) is 0 Å². The smallest absolute Gasteiger partial charge is 0.0912 e. The quantitative estimate of drug-likeness (QED) is 0.552. The molecule has 19 heavy (non-hydrogen) atoms. The van der Waals surface area contributed by atoms with Crippen molar-refractivity contribution in [3.8, 4) is 22.5 Å². The topological polar surface area (TPSA) is 12.9 Å². The molecule has 2 aliphatic rings. The van der Waals surface area contributed by atoms with Gasteiger partial charge in [0.15, 0.2) is 0 Å². The number of fused-ring (bicyclic) bond motifs is 1. The molecule has 0 bridgehead atoms. The summed E-state index contributed by atoms with van der Waals surface area (Å²) in [6.45, 7) is 0. The van der Waals surface area contributed by atoms with Crippen molar-refractivity contribution in [2.24, 2.45) is 0 Å². The van der Waals surface area contributed by atoms with Crippen LogP contribution in [0.25, 0.3) is 22.5 Å². The van der Waals surface area contributed by atoms with Crippen molar-refractivity contribution in [2.45, 2.75) is 0 Å². The van der Waals surface area contributed by atoms with Crippen molar-refractivity contribution in [3.05, 3.63) is 63.6 Å². The van der Waals surface area contributed by atoms with E-state index in [2.05, 4.69) is 4.98 Å². The van der Waals surface area contributed by atoms with Crippen LogP contribution in [0.3, 0.4) is 0 Å². The van der Waals surface area contributed by atoms with E-state index < -0.39 is 0 Å². The first kappa shape index (κ1) is 12.7. The molecule has 1 heterocycles. The van der Waals surface area contributed by atoms with Crippen LogP contribution in [0.15, 0.2) is 48.5 Å². The molecule has 4 heteroatoms. The number of nitrogens with zero attached hydrogens (tertiary/aromatic N) is 1. The Morgan fingerprint density at radius 1 is 0.789 bits per heavy atom. The van der Waals surface area contributed by atoms with Gasteiger partial charge < -0.3 is 0 Å². The van der Waals surface area contributed by atoms with E-state index in [1.807, 2.05) is 42.5 Å². The zero-order valence-corrected chi connectivity index (χ0v) is 12.0. The highest BCUT2D eigenvalue weighted by Crippen LogP contribution is 2.38. The molecule has 3 rings (SSSR count). The van der Waals surface area contributed by atoms with Crippen molar-refractivity contribution < 1.29 is 0 Å². The lowest BCUT2D eigenvalue weighted by Gasteiger charge is -1.95. The van der Waals surface area contributed by atoms with Crippen LogP contribution >= 0.6 is 34.8 Å². The molecule has 1 aliphatic heterocycles. The highest BCUT2D eigenvalue weighted by atomic mass is 35.5. The summed E-state index contributed by atoms with van der Waals surface area (Å²) < 4.78 is 0. The Hall–Kier alpha value is -1.28. The van der Waals surface area contributed by atoms with E-state index in [1.54, 1.807) is 6.07 Å². The summed E-state index contributed by atoms with van der Waals surface area (Å²) in [5.74, 6) is 0. The molecular formula is C15H8Cl3N. The predicted molar refractivity (Wildman–Crippen MR) is 81.3 cm³/mol. The fourth-order valence-electron chi connectivity index (χ4n) is 1.96. The van der Waals surface area contributed by atoms with Gasteiger partial charge in [0.25, 0.3) is 0 Å². The standard InChI is InChI=1S/C15H8Cl3N/c16-11-6-10-7-13(9-4-2-1-3-5-9)19-15(10)14(18)12(17)8-11/h1-8H. The summed E-state index contributed by atoms with van der Waals surface area (Å²) in [7, 11) is 0. The summed E-state index contributed by atoms with van der Waals surface area (Å²) in [4.78, 5) is 4.55. The van der Waals surface area contributed by atoms with Gasteiger partial charge in [-0.15, -0.1) is 0 Å². The molecule has 0 aromatic heterocycles. The van der Waals surface area contributed by atoms with Gasteiger partial charge in [-0.05, 0) is 18.2 Å². The fraction of sp³-hybridized carbons (Fsp3) is 0. The summed E-state index contributed by atoms with van der Waals surface area (Å²) in [5.41, 5.74) is 3.43. The molecule has 0 N–H and O–H groups in total. The molecule has 0 amide bonds. The van der Waals surface area contributed by atoms with Crippen molar-refractivity contribution >= 4 is 34.8 Å². The highest BCUT2D eigenvalue weighted by Gasteiger charge is 2.15. The van der Waals surface area contributed by atoms with Crippen LogP contribution in [-0.2, 0) is 0 Å². The number of halogens is 3. The number of benzene rings is 1. The third-order valence-electron chi connectivity index (χ3n) is 2.84. The average Bonchev–Trinajstić information content (AvgIpc) is 2.78. The minimum absolute atomic E-state index is 0.402. The van der Waals surface area contributed by atoms with Crippen LogP contribution in [0.2, 0.25) is 15.1 Å². The Bertz CT molecular complexity index is 710. The van der Waals surface area contributed by atoms with Gasteiger partial charge >= 0.3 is 0 Å². The second kappa shape index (κ2) is 5.01. The Kier molecular flexibility index (Phi) is 3.36. The largest absolute Gasteiger partial charge is 0.246 e. The van der Waals surface area contributed by atoms with Gasteiger partial charge in [0, 0.05) is 16.1 Å².